The summed E-state index contributed by atoms with van der Waals surface area (Å²) in [5.74, 6) is -0.104. The summed E-state index contributed by atoms with van der Waals surface area (Å²) in [4.78, 5) is 14.4. The molecule has 0 radical (unpaired) electrons. The topological polar surface area (TPSA) is 44.4 Å². The zero-order valence-corrected chi connectivity index (χ0v) is 12.2. The van der Waals surface area contributed by atoms with E-state index in [0.29, 0.717) is 6.04 Å². The van der Waals surface area contributed by atoms with Gasteiger partial charge in [0.25, 0.3) is 0 Å². The smallest absolute Gasteiger partial charge is 0.355 e. The van der Waals surface area contributed by atoms with Gasteiger partial charge in [0.15, 0.2) is 0 Å². The average Bonchev–Trinajstić information content (AvgIpc) is 2.93. The Hall–Kier alpha value is -0.820. The fourth-order valence-corrected chi connectivity index (χ4v) is 3.26. The molecule has 2 N–H and O–H groups in total. The van der Waals surface area contributed by atoms with E-state index in [-0.39, 0.29) is 24.9 Å². The van der Waals surface area contributed by atoms with E-state index in [0.717, 1.165) is 45.3 Å². The zero-order valence-electron chi connectivity index (χ0n) is 12.2. The highest BCUT2D eigenvalue weighted by Crippen LogP contribution is 2.25. The second-order valence-electron chi connectivity index (χ2n) is 5.89. The number of carbonyl (C=O) groups excluding carboxylic acids is 1. The van der Waals surface area contributed by atoms with Gasteiger partial charge in [0.2, 0.25) is 5.91 Å². The van der Waals surface area contributed by atoms with Gasteiger partial charge in [-0.3, -0.25) is 9.69 Å². The van der Waals surface area contributed by atoms with Gasteiger partial charge in [-0.05, 0) is 51.7 Å². The summed E-state index contributed by atoms with van der Waals surface area (Å²) in [5.41, 5.74) is 0. The van der Waals surface area contributed by atoms with Crippen LogP contribution in [0.3, 0.4) is 0 Å². The fourth-order valence-electron chi connectivity index (χ4n) is 3.26. The van der Waals surface area contributed by atoms with E-state index in [2.05, 4.69) is 15.5 Å². The van der Waals surface area contributed by atoms with Crippen LogP contribution in [0.1, 0.15) is 38.5 Å². The molecular formula is C14H24F3N3O. The van der Waals surface area contributed by atoms with Crippen LogP contribution >= 0.6 is 0 Å². The van der Waals surface area contributed by atoms with Crippen molar-refractivity contribution < 1.29 is 18.0 Å². The minimum atomic E-state index is -4.14. The molecule has 122 valence electrons. The number of hydrogen-bond donors (Lipinski definition) is 2. The third-order valence-corrected chi connectivity index (χ3v) is 4.31. The Bertz CT molecular complexity index is 343. The predicted octanol–water partition coefficient (Wildman–Crippen LogP) is 1.66. The molecule has 1 atom stereocenters. The van der Waals surface area contributed by atoms with E-state index in [1.807, 2.05) is 0 Å². The lowest BCUT2D eigenvalue weighted by atomic mass is 10.0. The fraction of sp³-hybridized carbons (Fsp3) is 0.929. The molecule has 2 fully saturated rings. The molecule has 7 heteroatoms. The van der Waals surface area contributed by atoms with Crippen LogP contribution in [0.4, 0.5) is 13.2 Å². The SMILES string of the molecule is O=C(NCCCC(F)(F)F)C1CCCN1C1CCNCC1. The van der Waals surface area contributed by atoms with Gasteiger partial charge in [0.1, 0.15) is 0 Å². The summed E-state index contributed by atoms with van der Waals surface area (Å²) in [5, 5.41) is 5.97. The quantitative estimate of drug-likeness (QED) is 0.759. The van der Waals surface area contributed by atoms with Crippen molar-refractivity contribution >= 4 is 5.91 Å². The molecule has 0 spiro atoms. The number of amides is 1. The third kappa shape index (κ3) is 5.14. The van der Waals surface area contributed by atoms with Crippen molar-refractivity contribution in [3.05, 3.63) is 0 Å². The first-order valence-corrected chi connectivity index (χ1v) is 7.78. The van der Waals surface area contributed by atoms with Gasteiger partial charge in [0.05, 0.1) is 6.04 Å². The number of halogens is 3. The number of nitrogens with one attached hydrogen (secondary N) is 2. The second kappa shape index (κ2) is 7.45. The van der Waals surface area contributed by atoms with Crippen molar-refractivity contribution in [3.8, 4) is 0 Å². The van der Waals surface area contributed by atoms with Gasteiger partial charge < -0.3 is 10.6 Å². The maximum absolute atomic E-state index is 12.2. The first-order chi connectivity index (χ1) is 9.97. The summed E-state index contributed by atoms with van der Waals surface area (Å²) < 4.78 is 36.2. The monoisotopic (exact) mass is 307 g/mol. The largest absolute Gasteiger partial charge is 0.389 e. The molecule has 0 bridgehead atoms. The van der Waals surface area contributed by atoms with Gasteiger partial charge in [-0.25, -0.2) is 0 Å². The highest BCUT2D eigenvalue weighted by molar-refractivity contribution is 5.82. The van der Waals surface area contributed by atoms with Gasteiger partial charge in [-0.1, -0.05) is 0 Å². The van der Waals surface area contributed by atoms with Crippen molar-refractivity contribution in [3.63, 3.8) is 0 Å². The number of rotatable bonds is 5. The molecule has 2 saturated heterocycles. The first kappa shape index (κ1) is 16.5. The normalized spacial score (nSPS) is 25.2. The molecule has 2 rings (SSSR count). The Morgan fingerprint density at radius 2 is 1.95 bits per heavy atom. The van der Waals surface area contributed by atoms with Gasteiger partial charge in [-0.15, -0.1) is 0 Å². The lowest BCUT2D eigenvalue weighted by molar-refractivity contribution is -0.136. The molecule has 0 aromatic carbocycles. The third-order valence-electron chi connectivity index (χ3n) is 4.31. The van der Waals surface area contributed by atoms with E-state index < -0.39 is 12.6 Å². The Morgan fingerprint density at radius 1 is 1.24 bits per heavy atom. The van der Waals surface area contributed by atoms with Crippen LogP contribution in [0.5, 0.6) is 0 Å². The summed E-state index contributed by atoms with van der Waals surface area (Å²) in [6.07, 6.45) is -1.14. The molecule has 0 saturated carbocycles. The van der Waals surface area contributed by atoms with Crippen LogP contribution in [-0.2, 0) is 4.79 Å². The van der Waals surface area contributed by atoms with E-state index in [9.17, 15) is 18.0 Å². The van der Waals surface area contributed by atoms with Crippen LogP contribution in [0.15, 0.2) is 0 Å². The van der Waals surface area contributed by atoms with Crippen LogP contribution in [0, 0.1) is 0 Å². The molecule has 0 aromatic heterocycles. The molecule has 2 aliphatic heterocycles. The van der Waals surface area contributed by atoms with Crippen LogP contribution in [0.2, 0.25) is 0 Å². The Morgan fingerprint density at radius 3 is 2.62 bits per heavy atom. The maximum Gasteiger partial charge on any atom is 0.389 e. The molecule has 1 unspecified atom stereocenters. The van der Waals surface area contributed by atoms with Crippen molar-refractivity contribution in [1.29, 1.82) is 0 Å². The molecule has 21 heavy (non-hydrogen) atoms. The Labute approximate surface area is 123 Å². The van der Waals surface area contributed by atoms with Crippen LogP contribution in [0.25, 0.3) is 0 Å². The van der Waals surface area contributed by atoms with E-state index in [4.69, 9.17) is 0 Å². The van der Waals surface area contributed by atoms with E-state index in [1.54, 1.807) is 0 Å². The predicted molar refractivity (Wildman–Crippen MR) is 73.9 cm³/mol. The molecule has 0 aliphatic carbocycles. The van der Waals surface area contributed by atoms with Gasteiger partial charge in [-0.2, -0.15) is 13.2 Å². The number of likely N-dealkylation sites (tertiary alicyclic amines) is 1. The number of alkyl halides is 3. The minimum absolute atomic E-state index is 0.0463. The zero-order chi connectivity index (χ0) is 15.3. The molecular weight excluding hydrogens is 283 g/mol. The lowest BCUT2D eigenvalue weighted by Gasteiger charge is -2.35. The van der Waals surface area contributed by atoms with Crippen LogP contribution < -0.4 is 10.6 Å². The highest BCUT2D eigenvalue weighted by atomic mass is 19.4. The van der Waals surface area contributed by atoms with E-state index >= 15 is 0 Å². The summed E-state index contributed by atoms with van der Waals surface area (Å²) >= 11 is 0. The van der Waals surface area contributed by atoms with Crippen molar-refractivity contribution in [2.24, 2.45) is 0 Å². The summed E-state index contributed by atoms with van der Waals surface area (Å²) in [6.45, 7) is 2.97. The second-order valence-corrected chi connectivity index (χ2v) is 5.89. The maximum atomic E-state index is 12.2. The van der Waals surface area contributed by atoms with Gasteiger partial charge in [0, 0.05) is 19.0 Å². The molecule has 1 amide bonds. The minimum Gasteiger partial charge on any atom is -0.355 e. The van der Waals surface area contributed by atoms with Gasteiger partial charge >= 0.3 is 6.18 Å². The lowest BCUT2D eigenvalue weighted by Crippen LogP contribution is -2.50. The van der Waals surface area contributed by atoms with Crippen molar-refractivity contribution in [1.82, 2.24) is 15.5 Å². The standard InChI is InChI=1S/C14H24F3N3O/c15-14(16,17)6-2-7-19-13(21)12-3-1-10-20(12)11-4-8-18-9-5-11/h11-12,18H,1-10H2,(H,19,21). The first-order valence-electron chi connectivity index (χ1n) is 7.78. The Kier molecular flexibility index (Phi) is 5.87. The number of nitrogens with zero attached hydrogens (tertiary/aromatic N) is 1. The molecule has 2 heterocycles. The number of hydrogen-bond acceptors (Lipinski definition) is 3. The number of piperidine rings is 1. The molecule has 2 aliphatic rings. The van der Waals surface area contributed by atoms with Crippen molar-refractivity contribution in [2.45, 2.75) is 56.8 Å². The van der Waals surface area contributed by atoms with E-state index in [1.165, 1.54) is 0 Å². The summed E-state index contributed by atoms with van der Waals surface area (Å²) in [7, 11) is 0. The average molecular weight is 307 g/mol. The molecule has 0 aromatic rings. The van der Waals surface area contributed by atoms with Crippen molar-refractivity contribution in [2.75, 3.05) is 26.2 Å². The Balaban J connectivity index is 1.75. The molecule has 4 nitrogen and oxygen atoms in total. The number of carbonyl (C=O) groups is 1. The summed E-state index contributed by atoms with van der Waals surface area (Å²) in [6, 6.07) is 0.277. The highest BCUT2D eigenvalue weighted by Gasteiger charge is 2.35. The van der Waals surface area contributed by atoms with Crippen LogP contribution in [-0.4, -0.2) is 55.2 Å².